The standard InChI is InChI=1S/C10H18Cl2/c11-8-6-10(7-9-12)4-2-1-3-5-10/h1-9H2. The van der Waals surface area contributed by atoms with Crippen LogP contribution in [-0.2, 0) is 0 Å². The van der Waals surface area contributed by atoms with Crippen molar-refractivity contribution in [3.05, 3.63) is 0 Å². The van der Waals surface area contributed by atoms with Crippen molar-refractivity contribution in [3.63, 3.8) is 0 Å². The van der Waals surface area contributed by atoms with Crippen molar-refractivity contribution < 1.29 is 0 Å². The third-order valence-electron chi connectivity index (χ3n) is 3.16. The second kappa shape index (κ2) is 5.34. The van der Waals surface area contributed by atoms with Crippen LogP contribution in [0.3, 0.4) is 0 Å². The highest BCUT2D eigenvalue weighted by Gasteiger charge is 2.30. The Morgan fingerprint density at radius 1 is 0.833 bits per heavy atom. The maximum Gasteiger partial charge on any atom is 0.0228 e. The largest absolute Gasteiger partial charge is 0.127 e. The Morgan fingerprint density at radius 2 is 1.33 bits per heavy atom. The molecule has 0 aromatic carbocycles. The van der Waals surface area contributed by atoms with E-state index in [0.29, 0.717) is 5.41 Å². The van der Waals surface area contributed by atoms with Gasteiger partial charge in [-0.2, -0.15) is 0 Å². The minimum atomic E-state index is 0.516. The quantitative estimate of drug-likeness (QED) is 0.609. The van der Waals surface area contributed by atoms with Crippen molar-refractivity contribution in [3.8, 4) is 0 Å². The molecule has 0 bridgehead atoms. The highest BCUT2D eigenvalue weighted by molar-refractivity contribution is 6.18. The van der Waals surface area contributed by atoms with Gasteiger partial charge in [-0.1, -0.05) is 19.3 Å². The van der Waals surface area contributed by atoms with E-state index in [2.05, 4.69) is 0 Å². The van der Waals surface area contributed by atoms with Crippen LogP contribution in [0.15, 0.2) is 0 Å². The summed E-state index contributed by atoms with van der Waals surface area (Å²) in [5, 5.41) is 0. The average molecular weight is 209 g/mol. The predicted octanol–water partition coefficient (Wildman–Crippen LogP) is 4.19. The normalized spacial score (nSPS) is 22.5. The summed E-state index contributed by atoms with van der Waals surface area (Å²) in [7, 11) is 0. The Morgan fingerprint density at radius 3 is 1.75 bits per heavy atom. The van der Waals surface area contributed by atoms with E-state index in [9.17, 15) is 0 Å². The van der Waals surface area contributed by atoms with Gasteiger partial charge in [0.25, 0.3) is 0 Å². The summed E-state index contributed by atoms with van der Waals surface area (Å²) in [6, 6.07) is 0. The smallest absolute Gasteiger partial charge is 0.0228 e. The van der Waals surface area contributed by atoms with E-state index < -0.39 is 0 Å². The van der Waals surface area contributed by atoms with Gasteiger partial charge in [-0.25, -0.2) is 0 Å². The molecule has 0 nitrogen and oxygen atoms in total. The predicted molar refractivity (Wildman–Crippen MR) is 56.2 cm³/mol. The van der Waals surface area contributed by atoms with Crippen LogP contribution >= 0.6 is 23.2 Å². The molecule has 2 heteroatoms. The van der Waals surface area contributed by atoms with Crippen LogP contribution in [0.1, 0.15) is 44.9 Å². The van der Waals surface area contributed by atoms with Crippen molar-refractivity contribution in [1.29, 1.82) is 0 Å². The SMILES string of the molecule is ClCCC1(CCCl)CCCCC1. The average Bonchev–Trinajstić information content (AvgIpc) is 2.07. The molecule has 0 aromatic heterocycles. The fraction of sp³-hybridized carbons (Fsp3) is 1.00. The van der Waals surface area contributed by atoms with Crippen LogP contribution in [0.5, 0.6) is 0 Å². The van der Waals surface area contributed by atoms with Crippen LogP contribution in [0.4, 0.5) is 0 Å². The number of hydrogen-bond acceptors (Lipinski definition) is 0. The molecule has 0 aliphatic heterocycles. The Hall–Kier alpha value is 0.580. The molecule has 12 heavy (non-hydrogen) atoms. The van der Waals surface area contributed by atoms with Crippen LogP contribution in [-0.4, -0.2) is 11.8 Å². The van der Waals surface area contributed by atoms with Gasteiger partial charge in [0, 0.05) is 11.8 Å². The molecular formula is C10H18Cl2. The number of rotatable bonds is 4. The van der Waals surface area contributed by atoms with Gasteiger partial charge in [0.15, 0.2) is 0 Å². The van der Waals surface area contributed by atoms with Gasteiger partial charge in [0.1, 0.15) is 0 Å². The van der Waals surface area contributed by atoms with Gasteiger partial charge in [0.2, 0.25) is 0 Å². The molecule has 0 spiro atoms. The van der Waals surface area contributed by atoms with E-state index in [1.807, 2.05) is 0 Å². The second-order valence-electron chi connectivity index (χ2n) is 3.94. The molecule has 1 rings (SSSR count). The first-order chi connectivity index (χ1) is 5.83. The summed E-state index contributed by atoms with van der Waals surface area (Å²) in [6.45, 7) is 0. The number of hydrogen-bond donors (Lipinski definition) is 0. The fourth-order valence-electron chi connectivity index (χ4n) is 2.33. The summed E-state index contributed by atoms with van der Waals surface area (Å²) in [6.07, 6.45) is 9.22. The van der Waals surface area contributed by atoms with Crippen molar-refractivity contribution in [1.82, 2.24) is 0 Å². The lowest BCUT2D eigenvalue weighted by Gasteiger charge is -2.36. The molecule has 0 heterocycles. The maximum absolute atomic E-state index is 5.82. The first-order valence-corrected chi connectivity index (χ1v) is 6.02. The molecule has 0 amide bonds. The zero-order valence-electron chi connectivity index (χ0n) is 7.62. The van der Waals surface area contributed by atoms with E-state index in [1.54, 1.807) is 0 Å². The monoisotopic (exact) mass is 208 g/mol. The summed E-state index contributed by atoms with van der Waals surface area (Å²) in [5.41, 5.74) is 0.516. The number of halogens is 2. The minimum absolute atomic E-state index is 0.516. The van der Waals surface area contributed by atoms with E-state index in [-0.39, 0.29) is 0 Å². The second-order valence-corrected chi connectivity index (χ2v) is 4.69. The molecule has 0 N–H and O–H groups in total. The molecular weight excluding hydrogens is 191 g/mol. The topological polar surface area (TPSA) is 0 Å². The number of alkyl halides is 2. The fourth-order valence-corrected chi connectivity index (χ4v) is 3.13. The highest BCUT2D eigenvalue weighted by Crippen LogP contribution is 2.42. The highest BCUT2D eigenvalue weighted by atomic mass is 35.5. The van der Waals surface area contributed by atoms with E-state index in [0.717, 1.165) is 11.8 Å². The van der Waals surface area contributed by atoms with Crippen molar-refractivity contribution in [2.45, 2.75) is 44.9 Å². The minimum Gasteiger partial charge on any atom is -0.127 e. The third-order valence-corrected chi connectivity index (χ3v) is 3.54. The lowest BCUT2D eigenvalue weighted by molar-refractivity contribution is 0.176. The zero-order chi connectivity index (χ0) is 8.86. The van der Waals surface area contributed by atoms with E-state index in [4.69, 9.17) is 23.2 Å². The van der Waals surface area contributed by atoms with Crippen LogP contribution in [0, 0.1) is 5.41 Å². The van der Waals surface area contributed by atoms with Crippen LogP contribution < -0.4 is 0 Å². The summed E-state index contributed by atoms with van der Waals surface area (Å²) < 4.78 is 0. The van der Waals surface area contributed by atoms with Crippen LogP contribution in [0.25, 0.3) is 0 Å². The summed E-state index contributed by atoms with van der Waals surface area (Å²) >= 11 is 11.6. The molecule has 1 saturated carbocycles. The first-order valence-electron chi connectivity index (χ1n) is 4.95. The van der Waals surface area contributed by atoms with Gasteiger partial charge in [0.05, 0.1) is 0 Å². The molecule has 72 valence electrons. The Bertz CT molecular complexity index is 101. The Labute approximate surface area is 85.6 Å². The third kappa shape index (κ3) is 2.81. The molecule has 0 saturated heterocycles. The van der Waals surface area contributed by atoms with Gasteiger partial charge in [-0.15, -0.1) is 23.2 Å². The summed E-state index contributed by atoms with van der Waals surface area (Å²) in [5.74, 6) is 1.60. The van der Waals surface area contributed by atoms with Crippen LogP contribution in [0.2, 0.25) is 0 Å². The van der Waals surface area contributed by atoms with Gasteiger partial charge in [-0.05, 0) is 31.1 Å². The van der Waals surface area contributed by atoms with Gasteiger partial charge in [-0.3, -0.25) is 0 Å². The first kappa shape index (κ1) is 10.7. The summed E-state index contributed by atoms with van der Waals surface area (Å²) in [4.78, 5) is 0. The van der Waals surface area contributed by atoms with E-state index in [1.165, 1.54) is 44.9 Å². The van der Waals surface area contributed by atoms with Gasteiger partial charge >= 0.3 is 0 Å². The molecule has 0 unspecified atom stereocenters. The molecule has 1 aliphatic carbocycles. The van der Waals surface area contributed by atoms with Crippen molar-refractivity contribution >= 4 is 23.2 Å². The van der Waals surface area contributed by atoms with Crippen molar-refractivity contribution in [2.24, 2.45) is 5.41 Å². The maximum atomic E-state index is 5.82. The lowest BCUT2D eigenvalue weighted by Crippen LogP contribution is -2.25. The lowest BCUT2D eigenvalue weighted by atomic mass is 9.70. The molecule has 0 radical (unpaired) electrons. The molecule has 1 aliphatic rings. The Kier molecular flexibility index (Phi) is 4.74. The zero-order valence-corrected chi connectivity index (χ0v) is 9.13. The molecule has 0 aromatic rings. The van der Waals surface area contributed by atoms with Gasteiger partial charge < -0.3 is 0 Å². The van der Waals surface area contributed by atoms with E-state index >= 15 is 0 Å². The van der Waals surface area contributed by atoms with Crippen molar-refractivity contribution in [2.75, 3.05) is 11.8 Å². The molecule has 0 atom stereocenters. The molecule has 1 fully saturated rings. The Balaban J connectivity index is 2.44.